The fourth-order valence-electron chi connectivity index (χ4n) is 1.52. The Morgan fingerprint density at radius 1 is 1.35 bits per heavy atom. The molecule has 1 fully saturated rings. The van der Waals surface area contributed by atoms with Crippen molar-refractivity contribution in [2.45, 2.75) is 33.6 Å². The molecule has 0 aliphatic heterocycles. The molecule has 1 unspecified atom stereocenters. The minimum Gasteiger partial charge on any atom is -0.481 e. The summed E-state index contributed by atoms with van der Waals surface area (Å²) < 4.78 is 0. The Hall–Kier alpha value is -1.26. The Bertz CT molecular complexity index is 298. The second kappa shape index (κ2) is 5.38. The van der Waals surface area contributed by atoms with Gasteiger partial charge in [-0.05, 0) is 38.5 Å². The molecule has 1 rings (SSSR count). The molecule has 0 heterocycles. The van der Waals surface area contributed by atoms with E-state index in [0.717, 1.165) is 5.92 Å². The van der Waals surface area contributed by atoms with Gasteiger partial charge in [-0.2, -0.15) is 0 Å². The maximum atomic E-state index is 11.4. The molecule has 5 nitrogen and oxygen atoms in total. The van der Waals surface area contributed by atoms with Crippen molar-refractivity contribution in [3.05, 3.63) is 0 Å². The van der Waals surface area contributed by atoms with Crippen LogP contribution in [-0.2, 0) is 4.79 Å². The van der Waals surface area contributed by atoms with Crippen LogP contribution in [0.15, 0.2) is 0 Å². The minimum atomic E-state index is -0.931. The van der Waals surface area contributed by atoms with Crippen LogP contribution in [0, 0.1) is 17.3 Å². The molecule has 0 aromatic heterocycles. The molecule has 5 heteroatoms. The largest absolute Gasteiger partial charge is 0.481 e. The van der Waals surface area contributed by atoms with Crippen molar-refractivity contribution in [1.82, 2.24) is 10.6 Å². The van der Waals surface area contributed by atoms with Gasteiger partial charge in [0.15, 0.2) is 0 Å². The highest BCUT2D eigenvalue weighted by Gasteiger charge is 2.29. The molecule has 0 bridgehead atoms. The summed E-state index contributed by atoms with van der Waals surface area (Å²) in [4.78, 5) is 22.3. The van der Waals surface area contributed by atoms with E-state index in [1.54, 1.807) is 13.8 Å². The zero-order chi connectivity index (χ0) is 13.1. The summed E-state index contributed by atoms with van der Waals surface area (Å²) in [7, 11) is 0. The summed E-state index contributed by atoms with van der Waals surface area (Å²) in [5.41, 5.74) is -0.931. The molecule has 2 amide bonds. The number of carbonyl (C=O) groups excluding carboxylic acids is 1. The maximum Gasteiger partial charge on any atom is 0.314 e. The Labute approximate surface area is 102 Å². The summed E-state index contributed by atoms with van der Waals surface area (Å²) >= 11 is 0. The van der Waals surface area contributed by atoms with Crippen LogP contribution in [0.2, 0.25) is 0 Å². The number of carbonyl (C=O) groups is 2. The number of carboxylic acids is 1. The summed E-state index contributed by atoms with van der Waals surface area (Å²) in [5, 5.41) is 14.2. The number of hydrogen-bond acceptors (Lipinski definition) is 2. The van der Waals surface area contributed by atoms with Crippen LogP contribution in [-0.4, -0.2) is 30.2 Å². The Kier molecular flexibility index (Phi) is 4.37. The molecule has 98 valence electrons. The number of hydrogen-bond donors (Lipinski definition) is 3. The van der Waals surface area contributed by atoms with E-state index in [2.05, 4.69) is 17.6 Å². The van der Waals surface area contributed by atoms with Gasteiger partial charge >= 0.3 is 12.0 Å². The third kappa shape index (κ3) is 4.63. The number of carboxylic acid groups (broad SMARTS) is 1. The van der Waals surface area contributed by atoms with Gasteiger partial charge in [-0.3, -0.25) is 4.79 Å². The van der Waals surface area contributed by atoms with Gasteiger partial charge in [-0.1, -0.05) is 6.92 Å². The predicted molar refractivity (Wildman–Crippen MR) is 64.7 cm³/mol. The summed E-state index contributed by atoms with van der Waals surface area (Å²) in [6.07, 6.45) is 2.52. The van der Waals surface area contributed by atoms with E-state index >= 15 is 0 Å². The molecule has 0 saturated heterocycles. The van der Waals surface area contributed by atoms with Crippen molar-refractivity contribution in [3.8, 4) is 0 Å². The Morgan fingerprint density at radius 2 is 1.94 bits per heavy atom. The number of aliphatic carboxylic acids is 1. The molecular formula is C12H22N2O3. The molecular weight excluding hydrogens is 220 g/mol. The number of nitrogens with one attached hydrogen (secondary N) is 2. The lowest BCUT2D eigenvalue weighted by molar-refractivity contribution is -0.146. The lowest BCUT2D eigenvalue weighted by Crippen LogP contribution is -2.44. The van der Waals surface area contributed by atoms with Crippen molar-refractivity contribution in [2.75, 3.05) is 13.1 Å². The molecule has 0 radical (unpaired) electrons. The van der Waals surface area contributed by atoms with Crippen LogP contribution in [0.4, 0.5) is 4.79 Å². The van der Waals surface area contributed by atoms with Gasteiger partial charge in [0.1, 0.15) is 0 Å². The first-order chi connectivity index (χ1) is 7.83. The average Bonchev–Trinajstić information content (AvgIpc) is 3.06. The first-order valence-electron chi connectivity index (χ1n) is 6.08. The van der Waals surface area contributed by atoms with Crippen LogP contribution in [0.1, 0.15) is 33.6 Å². The Balaban J connectivity index is 2.18. The van der Waals surface area contributed by atoms with Crippen LogP contribution >= 0.6 is 0 Å². The van der Waals surface area contributed by atoms with E-state index in [0.29, 0.717) is 12.5 Å². The van der Waals surface area contributed by atoms with Crippen molar-refractivity contribution < 1.29 is 14.7 Å². The van der Waals surface area contributed by atoms with Crippen LogP contribution in [0.25, 0.3) is 0 Å². The number of urea groups is 1. The monoisotopic (exact) mass is 242 g/mol. The highest BCUT2D eigenvalue weighted by atomic mass is 16.4. The maximum absolute atomic E-state index is 11.4. The molecule has 1 aliphatic rings. The van der Waals surface area contributed by atoms with Crippen molar-refractivity contribution >= 4 is 12.0 Å². The van der Waals surface area contributed by atoms with Gasteiger partial charge in [-0.15, -0.1) is 0 Å². The average molecular weight is 242 g/mol. The fraction of sp³-hybridized carbons (Fsp3) is 0.833. The summed E-state index contributed by atoms with van der Waals surface area (Å²) in [6, 6.07) is -0.285. The zero-order valence-electron chi connectivity index (χ0n) is 10.7. The van der Waals surface area contributed by atoms with Crippen molar-refractivity contribution in [1.29, 1.82) is 0 Å². The lowest BCUT2D eigenvalue weighted by atomic mass is 9.94. The van der Waals surface area contributed by atoms with Gasteiger partial charge < -0.3 is 15.7 Å². The van der Waals surface area contributed by atoms with Crippen LogP contribution in [0.5, 0.6) is 0 Å². The molecule has 17 heavy (non-hydrogen) atoms. The molecule has 0 aromatic rings. The van der Waals surface area contributed by atoms with Crippen LogP contribution in [0.3, 0.4) is 0 Å². The van der Waals surface area contributed by atoms with Gasteiger partial charge in [0.05, 0.1) is 5.41 Å². The summed E-state index contributed by atoms with van der Waals surface area (Å²) in [5.74, 6) is 0.350. The van der Waals surface area contributed by atoms with E-state index in [1.165, 1.54) is 12.8 Å². The first-order valence-corrected chi connectivity index (χ1v) is 6.08. The summed E-state index contributed by atoms with van der Waals surface area (Å²) in [6.45, 7) is 6.08. The van der Waals surface area contributed by atoms with Gasteiger partial charge in [0, 0.05) is 13.1 Å². The van der Waals surface area contributed by atoms with Gasteiger partial charge in [0.25, 0.3) is 0 Å². The quantitative estimate of drug-likeness (QED) is 0.659. The van der Waals surface area contributed by atoms with E-state index in [9.17, 15) is 9.59 Å². The highest BCUT2D eigenvalue weighted by Crippen LogP contribution is 2.35. The van der Waals surface area contributed by atoms with Crippen molar-refractivity contribution in [3.63, 3.8) is 0 Å². The fourth-order valence-corrected chi connectivity index (χ4v) is 1.52. The third-order valence-corrected chi connectivity index (χ3v) is 3.28. The molecule has 3 N–H and O–H groups in total. The number of rotatable bonds is 6. The SMILES string of the molecule is CC(CNC(=O)NCC(C)(C)C(=O)O)C1CC1. The second-order valence-corrected chi connectivity index (χ2v) is 5.57. The molecule has 1 saturated carbocycles. The molecule has 0 aromatic carbocycles. The minimum absolute atomic E-state index is 0.131. The topological polar surface area (TPSA) is 78.4 Å². The van der Waals surface area contributed by atoms with Crippen molar-refractivity contribution in [2.24, 2.45) is 17.3 Å². The molecule has 1 atom stereocenters. The molecule has 0 spiro atoms. The van der Waals surface area contributed by atoms with E-state index in [4.69, 9.17) is 5.11 Å². The van der Waals surface area contributed by atoms with E-state index < -0.39 is 11.4 Å². The van der Waals surface area contributed by atoms with E-state index in [1.807, 2.05) is 0 Å². The van der Waals surface area contributed by atoms with Crippen LogP contribution < -0.4 is 10.6 Å². The first kappa shape index (κ1) is 13.8. The Morgan fingerprint density at radius 3 is 2.41 bits per heavy atom. The number of amides is 2. The third-order valence-electron chi connectivity index (χ3n) is 3.28. The highest BCUT2D eigenvalue weighted by molar-refractivity contribution is 5.77. The lowest BCUT2D eigenvalue weighted by Gasteiger charge is -2.20. The standard InChI is InChI=1S/C12H22N2O3/c1-8(9-4-5-9)6-13-11(17)14-7-12(2,3)10(15)16/h8-9H,4-7H2,1-3H3,(H,15,16)(H2,13,14,17). The predicted octanol–water partition coefficient (Wildman–Crippen LogP) is 1.44. The van der Waals surface area contributed by atoms with Gasteiger partial charge in [0.2, 0.25) is 0 Å². The normalized spacial score (nSPS) is 17.4. The second-order valence-electron chi connectivity index (χ2n) is 5.57. The molecule has 1 aliphatic carbocycles. The zero-order valence-corrected chi connectivity index (χ0v) is 10.7. The van der Waals surface area contributed by atoms with E-state index in [-0.39, 0.29) is 12.6 Å². The van der Waals surface area contributed by atoms with Gasteiger partial charge in [-0.25, -0.2) is 4.79 Å². The smallest absolute Gasteiger partial charge is 0.314 e.